The van der Waals surface area contributed by atoms with Gasteiger partial charge in [-0.3, -0.25) is 0 Å². The van der Waals surface area contributed by atoms with Crippen molar-refractivity contribution in [1.82, 2.24) is 19.9 Å². The van der Waals surface area contributed by atoms with Crippen LogP contribution >= 0.6 is 0 Å². The minimum Gasteiger partial charge on any atom is -0.478 e. The van der Waals surface area contributed by atoms with Crippen LogP contribution in [0, 0.1) is 11.6 Å². The Morgan fingerprint density at radius 1 is 0.647 bits per heavy atom. The third-order valence-electron chi connectivity index (χ3n) is 4.04. The van der Waals surface area contributed by atoms with Crippen LogP contribution in [0.3, 0.4) is 0 Å². The van der Waals surface area contributed by atoms with Gasteiger partial charge in [0, 0.05) is 35.9 Å². The number of hydrogen-bond donors (Lipinski definition) is 2. The second kappa shape index (κ2) is 12.4. The maximum Gasteiger partial charge on any atom is 0.336 e. The lowest BCUT2D eigenvalue weighted by Gasteiger charge is -2.03. The number of aromatic carboxylic acids is 2. The Morgan fingerprint density at radius 2 is 1.09 bits per heavy atom. The molecular formula is C24H20F2N4O4. The largest absolute Gasteiger partial charge is 0.478 e. The number of carbonyl (C=O) groups is 2. The van der Waals surface area contributed by atoms with E-state index in [2.05, 4.69) is 19.9 Å². The first-order chi connectivity index (χ1) is 16.4. The van der Waals surface area contributed by atoms with Gasteiger partial charge in [0.25, 0.3) is 0 Å². The third-order valence-corrected chi connectivity index (χ3v) is 4.04. The number of aromatic nitrogens is 4. The van der Waals surface area contributed by atoms with Crippen molar-refractivity contribution in [2.45, 2.75) is 13.8 Å². The lowest BCUT2D eigenvalue weighted by Crippen LogP contribution is -2.02. The van der Waals surface area contributed by atoms with Crippen molar-refractivity contribution >= 4 is 11.9 Å². The van der Waals surface area contributed by atoms with Crippen molar-refractivity contribution in [3.8, 4) is 22.8 Å². The van der Waals surface area contributed by atoms with E-state index in [0.717, 1.165) is 18.2 Å². The Kier molecular flexibility index (Phi) is 9.39. The summed E-state index contributed by atoms with van der Waals surface area (Å²) in [6.45, 7) is 4.00. The zero-order chi connectivity index (χ0) is 25.1. The molecule has 0 saturated heterocycles. The van der Waals surface area contributed by atoms with E-state index in [1.807, 2.05) is 13.8 Å². The molecule has 2 N–H and O–H groups in total. The summed E-state index contributed by atoms with van der Waals surface area (Å²) in [4.78, 5) is 37.5. The molecule has 2 heterocycles. The fourth-order valence-corrected chi connectivity index (χ4v) is 2.65. The van der Waals surface area contributed by atoms with E-state index in [-0.39, 0.29) is 28.3 Å². The minimum absolute atomic E-state index is 0.0207. The highest BCUT2D eigenvalue weighted by Gasteiger charge is 2.15. The van der Waals surface area contributed by atoms with Gasteiger partial charge in [-0.2, -0.15) is 0 Å². The molecule has 0 saturated carbocycles. The fraction of sp³-hybridized carbons (Fsp3) is 0.0833. The van der Waals surface area contributed by atoms with E-state index in [4.69, 9.17) is 10.2 Å². The van der Waals surface area contributed by atoms with Gasteiger partial charge in [0.2, 0.25) is 0 Å². The molecule has 0 amide bonds. The smallest absolute Gasteiger partial charge is 0.336 e. The second-order valence-electron chi connectivity index (χ2n) is 6.13. The summed E-state index contributed by atoms with van der Waals surface area (Å²) < 4.78 is 26.0. The summed E-state index contributed by atoms with van der Waals surface area (Å²) >= 11 is 0. The van der Waals surface area contributed by atoms with Crippen molar-refractivity contribution in [3.63, 3.8) is 0 Å². The molecule has 0 aliphatic carbocycles. The van der Waals surface area contributed by atoms with E-state index in [9.17, 15) is 18.4 Å². The Bertz CT molecular complexity index is 1260. The van der Waals surface area contributed by atoms with Crippen LogP contribution in [-0.2, 0) is 0 Å². The predicted molar refractivity (Wildman–Crippen MR) is 120 cm³/mol. The number of carboxylic acid groups (broad SMARTS) is 2. The summed E-state index contributed by atoms with van der Waals surface area (Å²) in [6, 6.07) is 10.1. The van der Waals surface area contributed by atoms with Gasteiger partial charge in [0.05, 0.1) is 11.1 Å². The molecule has 0 aliphatic heterocycles. The Balaban J connectivity index is 0.000000224. The molecule has 0 radical (unpaired) electrons. The summed E-state index contributed by atoms with van der Waals surface area (Å²) in [7, 11) is 0. The monoisotopic (exact) mass is 466 g/mol. The number of hydrogen-bond acceptors (Lipinski definition) is 6. The van der Waals surface area contributed by atoms with Crippen LogP contribution in [0.5, 0.6) is 0 Å². The lowest BCUT2D eigenvalue weighted by molar-refractivity contribution is 0.0686. The lowest BCUT2D eigenvalue weighted by atomic mass is 10.1. The van der Waals surface area contributed by atoms with Gasteiger partial charge >= 0.3 is 11.9 Å². The van der Waals surface area contributed by atoms with Crippen molar-refractivity contribution in [3.05, 3.63) is 96.1 Å². The van der Waals surface area contributed by atoms with E-state index in [1.54, 1.807) is 12.1 Å². The van der Waals surface area contributed by atoms with Gasteiger partial charge in [-0.05, 0) is 48.5 Å². The maximum absolute atomic E-state index is 13.0. The third kappa shape index (κ3) is 6.70. The Labute approximate surface area is 193 Å². The van der Waals surface area contributed by atoms with Crippen LogP contribution < -0.4 is 0 Å². The number of halogens is 2. The molecule has 0 spiro atoms. The molecule has 34 heavy (non-hydrogen) atoms. The first-order valence-corrected chi connectivity index (χ1v) is 9.97. The molecule has 10 heteroatoms. The van der Waals surface area contributed by atoms with Crippen LogP contribution in [0.4, 0.5) is 8.78 Å². The van der Waals surface area contributed by atoms with Crippen molar-refractivity contribution in [2.24, 2.45) is 0 Å². The molecule has 4 aromatic rings. The summed E-state index contributed by atoms with van der Waals surface area (Å²) in [5.41, 5.74) is 0.307. The van der Waals surface area contributed by atoms with Crippen molar-refractivity contribution in [2.75, 3.05) is 0 Å². The van der Waals surface area contributed by atoms with Crippen molar-refractivity contribution in [1.29, 1.82) is 0 Å². The van der Waals surface area contributed by atoms with Crippen LogP contribution in [0.25, 0.3) is 22.8 Å². The number of benzene rings is 2. The molecule has 4 rings (SSSR count). The van der Waals surface area contributed by atoms with Gasteiger partial charge in [0.1, 0.15) is 11.6 Å². The van der Waals surface area contributed by atoms with Crippen LogP contribution in [-0.4, -0.2) is 42.1 Å². The molecular weight excluding hydrogens is 446 g/mol. The van der Waals surface area contributed by atoms with Crippen LogP contribution in [0.2, 0.25) is 0 Å². The highest BCUT2D eigenvalue weighted by atomic mass is 19.1. The van der Waals surface area contributed by atoms with Gasteiger partial charge in [-0.25, -0.2) is 38.3 Å². The SMILES string of the molecule is CC.O=C(O)c1cc(F)ccc1-c1ncccn1.O=C(O)c1ccc(F)cc1-c1ncccn1. The Morgan fingerprint density at radius 3 is 1.59 bits per heavy atom. The molecule has 0 atom stereocenters. The summed E-state index contributed by atoms with van der Waals surface area (Å²) in [5, 5.41) is 17.9. The predicted octanol–water partition coefficient (Wildman–Crippen LogP) is 4.99. The number of carboxylic acids is 2. The first kappa shape index (κ1) is 25.7. The highest BCUT2D eigenvalue weighted by molar-refractivity contribution is 5.95. The maximum atomic E-state index is 13.0. The van der Waals surface area contributed by atoms with Crippen LogP contribution in [0.1, 0.15) is 34.6 Å². The molecule has 0 bridgehead atoms. The van der Waals surface area contributed by atoms with E-state index >= 15 is 0 Å². The fourth-order valence-electron chi connectivity index (χ4n) is 2.65. The standard InChI is InChI=1S/2C11H7FN2O2.C2H6/c12-7-2-3-8(11(15)16)9(6-7)10-13-4-1-5-14-10;12-7-2-3-8(9(6-7)11(15)16)10-13-4-1-5-14-10;1-2/h2*1-6H,(H,15,16);1-2H3. The zero-order valence-electron chi connectivity index (χ0n) is 18.2. The van der Waals surface area contributed by atoms with E-state index < -0.39 is 23.6 Å². The van der Waals surface area contributed by atoms with Gasteiger partial charge in [-0.1, -0.05) is 13.8 Å². The Hall–Kier alpha value is -4.60. The minimum atomic E-state index is -1.21. The zero-order valence-corrected chi connectivity index (χ0v) is 18.2. The molecule has 0 unspecified atom stereocenters. The highest BCUT2D eigenvalue weighted by Crippen LogP contribution is 2.22. The summed E-state index contributed by atoms with van der Waals surface area (Å²) in [5.74, 6) is -3.01. The van der Waals surface area contributed by atoms with E-state index in [1.165, 1.54) is 43.0 Å². The normalized spacial score (nSPS) is 9.65. The molecule has 2 aromatic heterocycles. The molecule has 0 aliphatic rings. The second-order valence-corrected chi connectivity index (χ2v) is 6.13. The summed E-state index contributed by atoms with van der Waals surface area (Å²) in [6.07, 6.45) is 5.94. The van der Waals surface area contributed by atoms with Crippen LogP contribution in [0.15, 0.2) is 73.3 Å². The topological polar surface area (TPSA) is 126 Å². The molecule has 0 fully saturated rings. The van der Waals surface area contributed by atoms with Gasteiger partial charge in [0.15, 0.2) is 11.6 Å². The van der Waals surface area contributed by atoms with E-state index in [0.29, 0.717) is 5.56 Å². The number of nitrogens with zero attached hydrogens (tertiary/aromatic N) is 4. The number of rotatable bonds is 4. The molecule has 8 nitrogen and oxygen atoms in total. The average molecular weight is 466 g/mol. The quantitative estimate of drug-likeness (QED) is 0.431. The van der Waals surface area contributed by atoms with Gasteiger partial charge in [-0.15, -0.1) is 0 Å². The molecule has 174 valence electrons. The van der Waals surface area contributed by atoms with Gasteiger partial charge < -0.3 is 10.2 Å². The average Bonchev–Trinajstić information content (AvgIpc) is 2.86. The molecule has 2 aromatic carbocycles. The van der Waals surface area contributed by atoms with Crippen molar-refractivity contribution < 1.29 is 28.6 Å². The first-order valence-electron chi connectivity index (χ1n) is 9.97.